The number of nitrogens with zero attached hydrogens (tertiary/aromatic N) is 4. The Morgan fingerprint density at radius 1 is 0.971 bits per heavy atom. The van der Waals surface area contributed by atoms with Crippen molar-refractivity contribution < 1.29 is 17.6 Å². The highest BCUT2D eigenvalue weighted by Gasteiger charge is 2.37. The van der Waals surface area contributed by atoms with Crippen molar-refractivity contribution >= 4 is 21.7 Å². The molecule has 1 aliphatic carbocycles. The Bertz CT molecular complexity index is 1330. The highest BCUT2D eigenvalue weighted by atomic mass is 32.2. The van der Waals surface area contributed by atoms with Gasteiger partial charge in [-0.05, 0) is 36.6 Å². The Morgan fingerprint density at radius 2 is 1.71 bits per heavy atom. The molecule has 5 rings (SSSR count). The summed E-state index contributed by atoms with van der Waals surface area (Å²) in [6, 6.07) is 11.1. The second kappa shape index (κ2) is 8.77. The van der Waals surface area contributed by atoms with Crippen molar-refractivity contribution in [3.63, 3.8) is 0 Å². The Morgan fingerprint density at radius 3 is 2.35 bits per heavy atom. The van der Waals surface area contributed by atoms with Gasteiger partial charge in [0.2, 0.25) is 15.9 Å². The lowest BCUT2D eigenvalue weighted by molar-refractivity contribution is -0.133. The average molecular weight is 482 g/mol. The molecular weight excluding hydrogens is 457 g/mol. The molecule has 0 bridgehead atoms. The largest absolute Gasteiger partial charge is 0.382 e. The first-order valence-corrected chi connectivity index (χ1v) is 12.5. The molecule has 3 aromatic rings. The van der Waals surface area contributed by atoms with Gasteiger partial charge in [0.25, 0.3) is 0 Å². The molecule has 2 aromatic carbocycles. The van der Waals surface area contributed by atoms with Crippen molar-refractivity contribution in [2.75, 3.05) is 31.9 Å². The van der Waals surface area contributed by atoms with Crippen LogP contribution in [0.5, 0.6) is 0 Å². The number of hydrogen-bond acceptors (Lipinski definition) is 6. The van der Waals surface area contributed by atoms with E-state index in [0.717, 1.165) is 12.8 Å². The van der Waals surface area contributed by atoms with Crippen LogP contribution >= 0.6 is 0 Å². The lowest BCUT2D eigenvalue weighted by Gasteiger charge is -2.34. The molecule has 2 aliphatic rings. The summed E-state index contributed by atoms with van der Waals surface area (Å²) in [5.41, 5.74) is 6.97. The van der Waals surface area contributed by atoms with Gasteiger partial charge in [-0.3, -0.25) is 9.78 Å². The zero-order chi connectivity index (χ0) is 23.9. The molecule has 176 valence electrons. The molecule has 1 saturated carbocycles. The maximum Gasteiger partial charge on any atom is 0.243 e. The zero-order valence-corrected chi connectivity index (χ0v) is 19.2. The lowest BCUT2D eigenvalue weighted by Crippen LogP contribution is -2.50. The summed E-state index contributed by atoms with van der Waals surface area (Å²) in [7, 11) is -3.84. The fourth-order valence-corrected chi connectivity index (χ4v) is 5.81. The third-order valence-electron chi connectivity index (χ3n) is 6.21. The first-order chi connectivity index (χ1) is 16.3. The maximum absolute atomic E-state index is 15.0. The van der Waals surface area contributed by atoms with E-state index < -0.39 is 15.8 Å². The highest BCUT2D eigenvalue weighted by molar-refractivity contribution is 7.89. The van der Waals surface area contributed by atoms with Gasteiger partial charge in [0.05, 0.1) is 23.0 Å². The number of nitrogens with two attached hydrogens (primary N) is 1. The van der Waals surface area contributed by atoms with Crippen molar-refractivity contribution in [2.45, 2.75) is 17.7 Å². The molecule has 2 heterocycles. The Kier molecular flexibility index (Phi) is 5.78. The van der Waals surface area contributed by atoms with Gasteiger partial charge in [0.15, 0.2) is 0 Å². The number of sulfonamides is 1. The number of anilines is 1. The van der Waals surface area contributed by atoms with Gasteiger partial charge in [-0.25, -0.2) is 17.8 Å². The highest BCUT2D eigenvalue weighted by Crippen LogP contribution is 2.34. The minimum atomic E-state index is -3.84. The molecule has 2 fully saturated rings. The van der Waals surface area contributed by atoms with Crippen LogP contribution in [0.15, 0.2) is 59.8 Å². The summed E-state index contributed by atoms with van der Waals surface area (Å²) >= 11 is 0. The number of carbonyl (C=O) groups is 1. The third kappa shape index (κ3) is 4.26. The maximum atomic E-state index is 15.0. The molecule has 0 unspecified atom stereocenters. The molecule has 2 N–H and O–H groups in total. The van der Waals surface area contributed by atoms with Crippen LogP contribution in [0.4, 0.5) is 10.2 Å². The predicted molar refractivity (Wildman–Crippen MR) is 125 cm³/mol. The minimum Gasteiger partial charge on any atom is -0.382 e. The van der Waals surface area contributed by atoms with Crippen LogP contribution in [0.2, 0.25) is 0 Å². The van der Waals surface area contributed by atoms with Gasteiger partial charge < -0.3 is 10.6 Å². The summed E-state index contributed by atoms with van der Waals surface area (Å²) in [6.07, 6.45) is 4.58. The fraction of sp³-hybridized carbons (Fsp3) is 0.292. The number of rotatable bonds is 5. The van der Waals surface area contributed by atoms with E-state index in [1.54, 1.807) is 35.2 Å². The number of amides is 1. The normalized spacial score (nSPS) is 17.0. The van der Waals surface area contributed by atoms with Crippen molar-refractivity contribution in [3.8, 4) is 22.4 Å². The van der Waals surface area contributed by atoms with Crippen molar-refractivity contribution in [3.05, 3.63) is 60.7 Å². The first-order valence-electron chi connectivity index (χ1n) is 11.1. The zero-order valence-electron chi connectivity index (χ0n) is 18.4. The van der Waals surface area contributed by atoms with Crippen LogP contribution in [0.25, 0.3) is 22.4 Å². The van der Waals surface area contributed by atoms with Crippen molar-refractivity contribution in [2.24, 2.45) is 5.92 Å². The first kappa shape index (κ1) is 22.4. The van der Waals surface area contributed by atoms with Gasteiger partial charge in [-0.15, -0.1) is 0 Å². The van der Waals surface area contributed by atoms with Gasteiger partial charge in [0, 0.05) is 43.2 Å². The number of carbonyl (C=O) groups excluding carboxylic acids is 1. The third-order valence-corrected chi connectivity index (χ3v) is 8.17. The van der Waals surface area contributed by atoms with Crippen LogP contribution in [0, 0.1) is 11.7 Å². The number of aromatic nitrogens is 2. The number of benzene rings is 2. The van der Waals surface area contributed by atoms with E-state index in [-0.39, 0.29) is 41.2 Å². The van der Waals surface area contributed by atoms with E-state index in [1.165, 1.54) is 28.8 Å². The number of nitrogen functional groups attached to an aromatic ring is 1. The topological polar surface area (TPSA) is 109 Å². The summed E-state index contributed by atoms with van der Waals surface area (Å²) in [5, 5.41) is 0. The van der Waals surface area contributed by atoms with E-state index in [4.69, 9.17) is 5.73 Å². The lowest BCUT2D eigenvalue weighted by atomic mass is 10.0. The summed E-state index contributed by atoms with van der Waals surface area (Å²) < 4.78 is 43.4. The predicted octanol–water partition coefficient (Wildman–Crippen LogP) is 2.77. The molecule has 1 aromatic heterocycles. The molecule has 8 nitrogen and oxygen atoms in total. The van der Waals surface area contributed by atoms with Crippen molar-refractivity contribution in [1.29, 1.82) is 0 Å². The standard InChI is InChI=1S/C24H24FN5O3S/c25-20-13-17(7-8-19(20)21-14-28-23(26)15-27-21)18-3-1-2-4-22(18)34(32,33)30-11-9-29(10-12-30)24(31)16-5-6-16/h1-4,7-8,13-16H,5-6,9-12H2,(H2,26,28). The molecule has 10 heteroatoms. The second-order valence-corrected chi connectivity index (χ2v) is 10.4. The molecular formula is C24H24FN5O3S. The van der Waals surface area contributed by atoms with E-state index in [0.29, 0.717) is 29.9 Å². The van der Waals surface area contributed by atoms with Crippen molar-refractivity contribution in [1.82, 2.24) is 19.2 Å². The molecule has 0 radical (unpaired) electrons. The number of piperazine rings is 1. The van der Waals surface area contributed by atoms with Gasteiger partial charge in [-0.2, -0.15) is 4.31 Å². The SMILES string of the molecule is Nc1cnc(-c2ccc(-c3ccccc3S(=O)(=O)N3CCN(C(=O)C4CC4)CC3)cc2F)cn1. The van der Waals surface area contributed by atoms with Gasteiger partial charge in [-0.1, -0.05) is 24.3 Å². The summed E-state index contributed by atoms with van der Waals surface area (Å²) in [4.78, 5) is 22.2. The monoisotopic (exact) mass is 481 g/mol. The Balaban J connectivity index is 1.41. The molecule has 34 heavy (non-hydrogen) atoms. The molecule has 0 atom stereocenters. The molecule has 1 saturated heterocycles. The fourth-order valence-electron chi connectivity index (χ4n) is 4.17. The molecule has 1 amide bonds. The van der Waals surface area contributed by atoms with Gasteiger partial charge in [0.1, 0.15) is 11.6 Å². The number of halogens is 1. The van der Waals surface area contributed by atoms with E-state index in [9.17, 15) is 17.6 Å². The van der Waals surface area contributed by atoms with Crippen LogP contribution in [0.3, 0.4) is 0 Å². The van der Waals surface area contributed by atoms with E-state index in [1.807, 2.05) is 0 Å². The van der Waals surface area contributed by atoms with Crippen LogP contribution in [0.1, 0.15) is 12.8 Å². The Labute approximate surface area is 197 Å². The van der Waals surface area contributed by atoms with Crippen LogP contribution in [-0.4, -0.2) is 59.7 Å². The molecule has 0 spiro atoms. The van der Waals surface area contributed by atoms with Gasteiger partial charge >= 0.3 is 0 Å². The quantitative estimate of drug-likeness (QED) is 0.600. The molecule has 1 aliphatic heterocycles. The average Bonchev–Trinajstić information content (AvgIpc) is 3.70. The van der Waals surface area contributed by atoms with Crippen LogP contribution in [-0.2, 0) is 14.8 Å². The smallest absolute Gasteiger partial charge is 0.243 e. The van der Waals surface area contributed by atoms with E-state index >= 15 is 0 Å². The minimum absolute atomic E-state index is 0.108. The number of hydrogen-bond donors (Lipinski definition) is 1. The van der Waals surface area contributed by atoms with E-state index in [2.05, 4.69) is 9.97 Å². The Hall–Kier alpha value is -3.37. The summed E-state index contributed by atoms with van der Waals surface area (Å²) in [5.74, 6) is -0.0755. The van der Waals surface area contributed by atoms with Crippen LogP contribution < -0.4 is 5.73 Å². The second-order valence-electron chi connectivity index (χ2n) is 8.52. The summed E-state index contributed by atoms with van der Waals surface area (Å²) in [6.45, 7) is 1.22.